The molecule has 1 atom stereocenters. The van der Waals surface area contributed by atoms with Crippen LogP contribution in [0, 0.1) is 0 Å². The highest BCUT2D eigenvalue weighted by atomic mass is 32.2. The molecule has 0 heterocycles. The first-order valence-electron chi connectivity index (χ1n) is 4.76. The van der Waals surface area contributed by atoms with E-state index in [1.165, 1.54) is 18.5 Å². The molecule has 7 nitrogen and oxygen atoms in total. The third-order valence-corrected chi connectivity index (χ3v) is 4.16. The Hall–Kier alpha value is -0.860. The lowest BCUT2D eigenvalue weighted by molar-refractivity contribution is 0.215. The summed E-state index contributed by atoms with van der Waals surface area (Å²) in [7, 11) is -0.461. The van der Waals surface area contributed by atoms with Gasteiger partial charge in [0.05, 0.1) is 12.4 Å². The van der Waals surface area contributed by atoms with E-state index < -0.39 is 10.0 Å². The van der Waals surface area contributed by atoms with Crippen molar-refractivity contribution in [2.75, 3.05) is 26.5 Å². The first-order chi connectivity index (χ1) is 7.35. The fraction of sp³-hybridized carbons (Fsp3) is 0.875. The number of rotatable bonds is 7. The minimum Gasteiger partial charge on any atom is -0.409 e. The van der Waals surface area contributed by atoms with E-state index in [1.54, 1.807) is 6.92 Å². The predicted octanol–water partition coefficient (Wildman–Crippen LogP) is -0.581. The van der Waals surface area contributed by atoms with E-state index >= 15 is 0 Å². The molecule has 96 valence electrons. The molecule has 0 spiro atoms. The smallest absolute Gasteiger partial charge is 0.216 e. The van der Waals surface area contributed by atoms with Gasteiger partial charge in [-0.3, -0.25) is 0 Å². The molecule has 0 aromatic rings. The molecule has 0 aliphatic rings. The molecule has 0 aromatic heterocycles. The van der Waals surface area contributed by atoms with Crippen molar-refractivity contribution in [3.63, 3.8) is 0 Å². The minimum absolute atomic E-state index is 0.00120. The standard InChI is InChI=1S/C8H19N3O4S/c1-7(6-8(9)10-12)11(2)16(13,14)5-4-15-3/h7,12H,4-6H2,1-3H3,(H2,9,10). The zero-order valence-electron chi connectivity index (χ0n) is 9.75. The molecule has 3 N–H and O–H groups in total. The number of oxime groups is 1. The van der Waals surface area contributed by atoms with Gasteiger partial charge in [-0.15, -0.1) is 0 Å². The lowest BCUT2D eigenvalue weighted by Gasteiger charge is -2.23. The Kier molecular flexibility index (Phi) is 6.31. The quantitative estimate of drug-likeness (QED) is 0.273. The van der Waals surface area contributed by atoms with Crippen LogP contribution in [-0.4, -0.2) is 56.3 Å². The molecule has 0 amide bonds. The van der Waals surface area contributed by atoms with Gasteiger partial charge < -0.3 is 15.7 Å². The molecule has 16 heavy (non-hydrogen) atoms. The maximum absolute atomic E-state index is 11.7. The van der Waals surface area contributed by atoms with E-state index in [0.29, 0.717) is 0 Å². The zero-order valence-corrected chi connectivity index (χ0v) is 10.6. The monoisotopic (exact) mass is 253 g/mol. The van der Waals surface area contributed by atoms with E-state index in [2.05, 4.69) is 5.16 Å². The van der Waals surface area contributed by atoms with Crippen molar-refractivity contribution in [1.82, 2.24) is 4.31 Å². The molecular weight excluding hydrogens is 234 g/mol. The van der Waals surface area contributed by atoms with E-state index in [9.17, 15) is 8.42 Å². The Labute approximate surface area is 95.9 Å². The summed E-state index contributed by atoms with van der Waals surface area (Å²) in [6.45, 7) is 1.82. The van der Waals surface area contributed by atoms with Crippen LogP contribution in [0.1, 0.15) is 13.3 Å². The number of nitrogens with zero attached hydrogens (tertiary/aromatic N) is 2. The number of hydrogen-bond donors (Lipinski definition) is 2. The van der Waals surface area contributed by atoms with Gasteiger partial charge in [0.1, 0.15) is 5.84 Å². The topological polar surface area (TPSA) is 105 Å². The first-order valence-corrected chi connectivity index (χ1v) is 6.37. The molecule has 1 unspecified atom stereocenters. The van der Waals surface area contributed by atoms with Crippen LogP contribution in [0.5, 0.6) is 0 Å². The summed E-state index contributed by atoms with van der Waals surface area (Å²) in [6.07, 6.45) is 0.180. The summed E-state index contributed by atoms with van der Waals surface area (Å²) < 4.78 is 29.3. The molecule has 0 saturated carbocycles. The molecule has 8 heteroatoms. The van der Waals surface area contributed by atoms with Gasteiger partial charge in [0.25, 0.3) is 0 Å². The Morgan fingerprint density at radius 3 is 2.62 bits per heavy atom. The van der Waals surface area contributed by atoms with E-state index in [0.717, 1.165) is 0 Å². The van der Waals surface area contributed by atoms with Crippen LogP contribution in [0.3, 0.4) is 0 Å². The van der Waals surface area contributed by atoms with E-state index in [-0.39, 0.29) is 30.7 Å². The fourth-order valence-electron chi connectivity index (χ4n) is 1.08. The number of ether oxygens (including phenoxy) is 1. The van der Waals surface area contributed by atoms with E-state index in [1.807, 2.05) is 0 Å². The Morgan fingerprint density at radius 1 is 1.62 bits per heavy atom. The summed E-state index contributed by atoms with van der Waals surface area (Å²) in [4.78, 5) is 0. The molecule has 0 saturated heterocycles. The van der Waals surface area contributed by atoms with Gasteiger partial charge >= 0.3 is 0 Å². The number of amidine groups is 1. The molecule has 0 radical (unpaired) electrons. The largest absolute Gasteiger partial charge is 0.409 e. The van der Waals surface area contributed by atoms with Crippen LogP contribution in [-0.2, 0) is 14.8 Å². The molecule has 0 aliphatic heterocycles. The lowest BCUT2D eigenvalue weighted by Crippen LogP contribution is -2.39. The van der Waals surface area contributed by atoms with Crippen LogP contribution < -0.4 is 5.73 Å². The Bertz CT molecular complexity index is 328. The van der Waals surface area contributed by atoms with Crippen molar-refractivity contribution < 1.29 is 18.4 Å². The summed E-state index contributed by atoms with van der Waals surface area (Å²) in [5.74, 6) is -0.0816. The highest BCUT2D eigenvalue weighted by Gasteiger charge is 2.23. The van der Waals surface area contributed by atoms with Gasteiger partial charge in [0, 0.05) is 26.6 Å². The molecular formula is C8H19N3O4S. The normalized spacial score (nSPS) is 15.4. The van der Waals surface area contributed by atoms with Gasteiger partial charge in [-0.2, -0.15) is 0 Å². The third-order valence-electron chi connectivity index (χ3n) is 2.24. The van der Waals surface area contributed by atoms with Crippen molar-refractivity contribution in [3.05, 3.63) is 0 Å². The number of hydrogen-bond acceptors (Lipinski definition) is 5. The average Bonchev–Trinajstić information content (AvgIpc) is 2.24. The van der Waals surface area contributed by atoms with Crippen LogP contribution in [0.4, 0.5) is 0 Å². The fourth-order valence-corrected chi connectivity index (χ4v) is 2.37. The second-order valence-electron chi connectivity index (χ2n) is 3.47. The van der Waals surface area contributed by atoms with E-state index in [4.69, 9.17) is 15.7 Å². The molecule has 0 bridgehead atoms. The maximum atomic E-state index is 11.7. The molecule has 0 aromatic carbocycles. The number of sulfonamides is 1. The van der Waals surface area contributed by atoms with Gasteiger partial charge in [0.15, 0.2) is 0 Å². The lowest BCUT2D eigenvalue weighted by atomic mass is 10.2. The third kappa shape index (κ3) is 4.77. The number of methoxy groups -OCH3 is 1. The molecule has 0 aliphatic carbocycles. The SMILES string of the molecule is COCCS(=O)(=O)N(C)C(C)CC(N)=NO. The predicted molar refractivity (Wildman–Crippen MR) is 60.9 cm³/mol. The van der Waals surface area contributed by atoms with Crippen LogP contribution in [0.15, 0.2) is 5.16 Å². The Morgan fingerprint density at radius 2 is 2.19 bits per heavy atom. The average molecular weight is 253 g/mol. The van der Waals surface area contributed by atoms with Crippen molar-refractivity contribution in [2.24, 2.45) is 10.9 Å². The van der Waals surface area contributed by atoms with Gasteiger partial charge in [-0.25, -0.2) is 12.7 Å². The van der Waals surface area contributed by atoms with Crippen LogP contribution in [0.25, 0.3) is 0 Å². The number of nitrogens with two attached hydrogens (primary N) is 1. The second-order valence-corrected chi connectivity index (χ2v) is 5.62. The van der Waals surface area contributed by atoms with Crippen molar-refractivity contribution >= 4 is 15.9 Å². The summed E-state index contributed by atoms with van der Waals surface area (Å²) in [5.41, 5.74) is 5.31. The minimum atomic E-state index is -3.36. The maximum Gasteiger partial charge on any atom is 0.216 e. The summed E-state index contributed by atoms with van der Waals surface area (Å²) in [5, 5.41) is 11.2. The zero-order chi connectivity index (χ0) is 12.8. The summed E-state index contributed by atoms with van der Waals surface area (Å²) >= 11 is 0. The van der Waals surface area contributed by atoms with Gasteiger partial charge in [-0.1, -0.05) is 5.16 Å². The second kappa shape index (κ2) is 6.66. The highest BCUT2D eigenvalue weighted by molar-refractivity contribution is 7.89. The van der Waals surface area contributed by atoms with Crippen LogP contribution >= 0.6 is 0 Å². The Balaban J connectivity index is 4.47. The van der Waals surface area contributed by atoms with Gasteiger partial charge in [0.2, 0.25) is 10.0 Å². The molecule has 0 fully saturated rings. The van der Waals surface area contributed by atoms with Crippen molar-refractivity contribution in [2.45, 2.75) is 19.4 Å². The summed E-state index contributed by atoms with van der Waals surface area (Å²) in [6, 6.07) is -0.363. The van der Waals surface area contributed by atoms with Crippen LogP contribution in [0.2, 0.25) is 0 Å². The highest BCUT2D eigenvalue weighted by Crippen LogP contribution is 2.08. The van der Waals surface area contributed by atoms with Gasteiger partial charge in [-0.05, 0) is 6.92 Å². The van der Waals surface area contributed by atoms with Crippen molar-refractivity contribution in [3.8, 4) is 0 Å². The first kappa shape index (κ1) is 15.1. The van der Waals surface area contributed by atoms with Crippen molar-refractivity contribution in [1.29, 1.82) is 0 Å². The molecule has 0 rings (SSSR count).